The van der Waals surface area contributed by atoms with E-state index in [-0.39, 0.29) is 23.3 Å². The summed E-state index contributed by atoms with van der Waals surface area (Å²) in [5.41, 5.74) is 1.76. The van der Waals surface area contributed by atoms with E-state index in [2.05, 4.69) is 15.0 Å². The van der Waals surface area contributed by atoms with Gasteiger partial charge < -0.3 is 0 Å². The van der Waals surface area contributed by atoms with Crippen LogP contribution in [0.5, 0.6) is 0 Å². The van der Waals surface area contributed by atoms with Gasteiger partial charge in [0, 0.05) is 40.7 Å². The number of aromatic nitrogens is 4. The van der Waals surface area contributed by atoms with Crippen molar-refractivity contribution in [3.63, 3.8) is 0 Å². The number of anilines is 2. The van der Waals surface area contributed by atoms with E-state index in [1.807, 2.05) is 24.3 Å². The highest BCUT2D eigenvalue weighted by Crippen LogP contribution is 2.44. The van der Waals surface area contributed by atoms with Gasteiger partial charge in [-0.05, 0) is 36.2 Å². The number of sulfone groups is 1. The topological polar surface area (TPSA) is 98.1 Å². The molecule has 11 heteroatoms. The zero-order valence-corrected chi connectivity index (χ0v) is 21.0. The van der Waals surface area contributed by atoms with Crippen LogP contribution in [0.25, 0.3) is 11.1 Å². The maximum atomic E-state index is 13.9. The van der Waals surface area contributed by atoms with E-state index in [4.69, 9.17) is 23.2 Å². The summed E-state index contributed by atoms with van der Waals surface area (Å²) < 4.78 is 26.7. The van der Waals surface area contributed by atoms with Crippen LogP contribution in [0.15, 0.2) is 72.4 Å². The summed E-state index contributed by atoms with van der Waals surface area (Å²) in [4.78, 5) is 27.7. The molecule has 2 aromatic heterocycles. The van der Waals surface area contributed by atoms with E-state index >= 15 is 0 Å². The number of carbonyl (C=O) groups is 1. The third-order valence-electron chi connectivity index (χ3n) is 5.95. The Labute approximate surface area is 212 Å². The van der Waals surface area contributed by atoms with E-state index in [1.54, 1.807) is 37.5 Å². The molecule has 0 radical (unpaired) electrons. The highest BCUT2D eigenvalue weighted by atomic mass is 35.5. The largest absolute Gasteiger partial charge is 0.285 e. The predicted octanol–water partition coefficient (Wildman–Crippen LogP) is 4.69. The van der Waals surface area contributed by atoms with Crippen molar-refractivity contribution in [3.05, 3.63) is 83.0 Å². The zero-order valence-electron chi connectivity index (χ0n) is 18.7. The second-order valence-corrected chi connectivity index (χ2v) is 11.4. The van der Waals surface area contributed by atoms with Gasteiger partial charge in [0.05, 0.1) is 11.9 Å². The third-order valence-corrected chi connectivity index (χ3v) is 7.43. The fourth-order valence-electron chi connectivity index (χ4n) is 4.35. The van der Waals surface area contributed by atoms with E-state index in [9.17, 15) is 13.2 Å². The fraction of sp³-hybridized carbons (Fsp3) is 0.167. The lowest BCUT2D eigenvalue weighted by atomic mass is 9.91. The zero-order chi connectivity index (χ0) is 25.0. The fourth-order valence-corrected chi connectivity index (χ4v) is 5.73. The number of hydrogen-bond acceptors (Lipinski definition) is 6. The van der Waals surface area contributed by atoms with Crippen LogP contribution in [0.4, 0.5) is 11.6 Å². The maximum Gasteiger partial charge on any atom is 0.260 e. The minimum absolute atomic E-state index is 0.0444. The second-order valence-electron chi connectivity index (χ2n) is 8.55. The molecule has 0 N–H and O–H groups in total. The molecule has 0 aliphatic carbocycles. The Kier molecular flexibility index (Phi) is 5.66. The minimum atomic E-state index is -3.68. The average Bonchev–Trinajstić information content (AvgIpc) is 3.33. The highest BCUT2D eigenvalue weighted by molar-refractivity contribution is 7.90. The van der Waals surface area contributed by atoms with Gasteiger partial charge in [0.25, 0.3) is 5.91 Å². The number of imidazole rings is 1. The number of nitrogens with zero attached hydrogens (tertiary/aromatic N) is 5. The molecular formula is C24H19Cl2N5O3S. The van der Waals surface area contributed by atoms with Gasteiger partial charge in [0.2, 0.25) is 5.95 Å². The van der Waals surface area contributed by atoms with Crippen LogP contribution in [-0.4, -0.2) is 40.1 Å². The van der Waals surface area contributed by atoms with Crippen molar-refractivity contribution < 1.29 is 13.2 Å². The number of amides is 1. The van der Waals surface area contributed by atoms with Crippen molar-refractivity contribution in [2.75, 3.05) is 11.2 Å². The van der Waals surface area contributed by atoms with Gasteiger partial charge in [-0.1, -0.05) is 47.5 Å². The van der Waals surface area contributed by atoms with Gasteiger partial charge in [-0.25, -0.2) is 28.3 Å². The summed E-state index contributed by atoms with van der Waals surface area (Å²) in [6.45, 7) is 1.71. The summed E-state index contributed by atoms with van der Waals surface area (Å²) in [6, 6.07) is 12.4. The first-order valence-electron chi connectivity index (χ1n) is 10.5. The van der Waals surface area contributed by atoms with Crippen LogP contribution < -0.4 is 4.90 Å². The van der Waals surface area contributed by atoms with Crippen LogP contribution in [0.2, 0.25) is 10.0 Å². The first-order chi connectivity index (χ1) is 16.6. The second kappa shape index (κ2) is 8.44. The molecule has 1 aliphatic heterocycles. The Morgan fingerprint density at radius 3 is 2.17 bits per heavy atom. The normalized spacial score (nSPS) is 17.6. The van der Waals surface area contributed by atoms with E-state index in [0.29, 0.717) is 15.7 Å². The SMILES string of the molecule is C[C@@]1(Cc2ccc(-c3cncnc3)cc2)C(=O)N(c2cc(Cl)cc(Cl)c2)c2ncc(S(C)(=O)=O)n21. The van der Waals surface area contributed by atoms with Crippen LogP contribution in [0.3, 0.4) is 0 Å². The average molecular weight is 528 g/mol. The Hall–Kier alpha value is -3.27. The highest BCUT2D eigenvalue weighted by Gasteiger charge is 2.51. The molecule has 178 valence electrons. The predicted molar refractivity (Wildman–Crippen MR) is 134 cm³/mol. The van der Waals surface area contributed by atoms with Crippen molar-refractivity contribution in [3.8, 4) is 11.1 Å². The summed E-state index contributed by atoms with van der Waals surface area (Å²) in [5, 5.41) is 0.642. The van der Waals surface area contributed by atoms with Gasteiger partial charge in [0.1, 0.15) is 11.9 Å². The Morgan fingerprint density at radius 2 is 1.57 bits per heavy atom. The molecule has 0 unspecified atom stereocenters. The monoisotopic (exact) mass is 527 g/mol. The maximum absolute atomic E-state index is 13.9. The van der Waals surface area contributed by atoms with E-state index in [1.165, 1.54) is 22.0 Å². The molecule has 8 nitrogen and oxygen atoms in total. The lowest BCUT2D eigenvalue weighted by Gasteiger charge is -2.26. The summed E-state index contributed by atoms with van der Waals surface area (Å²) in [6.07, 6.45) is 7.49. The molecule has 3 heterocycles. The van der Waals surface area contributed by atoms with Gasteiger partial charge in [0.15, 0.2) is 14.9 Å². The van der Waals surface area contributed by atoms with Crippen molar-refractivity contribution in [1.29, 1.82) is 0 Å². The van der Waals surface area contributed by atoms with E-state index < -0.39 is 15.4 Å². The summed E-state index contributed by atoms with van der Waals surface area (Å²) >= 11 is 12.4. The van der Waals surface area contributed by atoms with Gasteiger partial charge in [-0.15, -0.1) is 0 Å². The summed E-state index contributed by atoms with van der Waals surface area (Å²) in [7, 11) is -3.68. The first-order valence-corrected chi connectivity index (χ1v) is 13.2. The van der Waals surface area contributed by atoms with Crippen molar-refractivity contribution in [2.24, 2.45) is 0 Å². The number of fused-ring (bicyclic) bond motifs is 1. The number of rotatable bonds is 5. The van der Waals surface area contributed by atoms with E-state index in [0.717, 1.165) is 22.9 Å². The smallest absolute Gasteiger partial charge is 0.260 e. The molecule has 2 aromatic carbocycles. The molecule has 1 amide bonds. The molecule has 1 atom stereocenters. The molecule has 5 rings (SSSR count). The van der Waals surface area contributed by atoms with Gasteiger partial charge in [-0.3, -0.25) is 9.36 Å². The molecule has 0 saturated carbocycles. The van der Waals surface area contributed by atoms with Crippen molar-refractivity contribution in [1.82, 2.24) is 19.5 Å². The first kappa shape index (κ1) is 23.5. The molecule has 4 aromatic rings. The quantitative estimate of drug-likeness (QED) is 0.373. The van der Waals surface area contributed by atoms with Gasteiger partial charge >= 0.3 is 0 Å². The molecule has 0 bridgehead atoms. The Bertz CT molecular complexity index is 1540. The summed E-state index contributed by atoms with van der Waals surface area (Å²) in [5.74, 6) is -0.154. The minimum Gasteiger partial charge on any atom is -0.285 e. The molecule has 0 saturated heterocycles. The number of hydrogen-bond donors (Lipinski definition) is 0. The third kappa shape index (κ3) is 4.09. The molecule has 0 spiro atoms. The lowest BCUT2D eigenvalue weighted by Crippen LogP contribution is -2.41. The molecule has 35 heavy (non-hydrogen) atoms. The van der Waals surface area contributed by atoms with Crippen LogP contribution in [-0.2, 0) is 26.6 Å². The Morgan fingerprint density at radius 1 is 0.943 bits per heavy atom. The standard InChI is InChI=1S/C24H19Cl2N5O3S/c1-24(10-15-3-5-16(6-4-15)17-11-27-14-28-12-17)22(32)30(20-8-18(25)7-19(26)9-20)23-29-13-21(31(23)24)35(2,33)34/h3-9,11-14H,10H2,1-2H3/t24-/m1/s1. The number of halogens is 2. The van der Waals surface area contributed by atoms with Crippen molar-refractivity contribution >= 4 is 50.6 Å². The van der Waals surface area contributed by atoms with Crippen LogP contribution in [0, 0.1) is 0 Å². The number of carbonyl (C=O) groups excluding carboxylic acids is 1. The van der Waals surface area contributed by atoms with Crippen LogP contribution in [0.1, 0.15) is 12.5 Å². The number of benzene rings is 2. The van der Waals surface area contributed by atoms with Crippen LogP contribution >= 0.6 is 23.2 Å². The molecule has 0 fully saturated rings. The lowest BCUT2D eigenvalue weighted by molar-refractivity contribution is -0.124. The Balaban J connectivity index is 1.60. The van der Waals surface area contributed by atoms with Crippen molar-refractivity contribution in [2.45, 2.75) is 23.9 Å². The molecular weight excluding hydrogens is 509 g/mol. The van der Waals surface area contributed by atoms with Gasteiger partial charge in [-0.2, -0.15) is 0 Å². The molecule has 1 aliphatic rings.